The Labute approximate surface area is 167 Å². The lowest BCUT2D eigenvalue weighted by Crippen LogP contribution is -2.50. The van der Waals surface area contributed by atoms with Crippen LogP contribution in [-0.2, 0) is 20.6 Å². The predicted molar refractivity (Wildman–Crippen MR) is 111 cm³/mol. The summed E-state index contributed by atoms with van der Waals surface area (Å²) in [6, 6.07) is 12.2. The molecular weight excluding hydrogens is 368 g/mol. The Morgan fingerprint density at radius 2 is 1.76 bits per heavy atom. The molecule has 1 aliphatic rings. The molecule has 4 rings (SSSR count). The van der Waals surface area contributed by atoms with Crippen LogP contribution >= 0.6 is 0 Å². The van der Waals surface area contributed by atoms with Gasteiger partial charge in [-0.1, -0.05) is 24.3 Å². The van der Waals surface area contributed by atoms with E-state index in [4.69, 9.17) is 0 Å². The first-order valence-corrected chi connectivity index (χ1v) is 9.51. The molecule has 3 aromatic rings. The summed E-state index contributed by atoms with van der Waals surface area (Å²) in [5, 5.41) is 10.6. The number of piperazine rings is 1. The van der Waals surface area contributed by atoms with Crippen molar-refractivity contribution in [3.05, 3.63) is 68.5 Å². The van der Waals surface area contributed by atoms with E-state index in [1.807, 2.05) is 29.3 Å². The second-order valence-electron chi connectivity index (χ2n) is 7.27. The monoisotopic (exact) mass is 390 g/mol. The third kappa shape index (κ3) is 3.30. The highest BCUT2D eigenvalue weighted by Gasteiger charge is 2.25. The Kier molecular flexibility index (Phi) is 4.91. The largest absolute Gasteiger partial charge is 0.354 e. The summed E-state index contributed by atoms with van der Waals surface area (Å²) in [7, 11) is 3.00. The van der Waals surface area contributed by atoms with Gasteiger partial charge in [-0.05, 0) is 11.6 Å². The number of hydrogen-bond donors (Lipinski definition) is 0. The Balaban J connectivity index is 1.56. The van der Waals surface area contributed by atoms with Crippen molar-refractivity contribution in [2.24, 2.45) is 14.1 Å². The summed E-state index contributed by atoms with van der Waals surface area (Å²) in [5.41, 5.74) is 1.23. The number of nitrogens with zero attached hydrogens (tertiary/aromatic N) is 6. The molecule has 0 unspecified atom stereocenters. The maximum absolute atomic E-state index is 12.3. The van der Waals surface area contributed by atoms with E-state index in [-0.39, 0.29) is 5.56 Å². The molecule has 0 atom stereocenters. The van der Waals surface area contributed by atoms with Crippen molar-refractivity contribution in [2.75, 3.05) is 31.1 Å². The molecule has 0 saturated carbocycles. The molecule has 0 bridgehead atoms. The van der Waals surface area contributed by atoms with Gasteiger partial charge in [-0.15, -0.1) is 0 Å². The molecule has 1 aromatic carbocycles. The molecule has 3 heterocycles. The first kappa shape index (κ1) is 18.9. The Morgan fingerprint density at radius 1 is 1.03 bits per heavy atom. The van der Waals surface area contributed by atoms with E-state index >= 15 is 0 Å². The number of anilines is 1. The van der Waals surface area contributed by atoms with Crippen LogP contribution < -0.4 is 16.1 Å². The zero-order chi connectivity index (χ0) is 20.5. The number of fused-ring (bicyclic) bond motifs is 1. The average Bonchev–Trinajstić information content (AvgIpc) is 2.75. The van der Waals surface area contributed by atoms with E-state index < -0.39 is 11.2 Å². The molecule has 1 aliphatic heterocycles. The Bertz CT molecular complexity index is 1220. The number of benzene rings is 1. The molecule has 0 N–H and O–H groups in total. The van der Waals surface area contributed by atoms with Crippen LogP contribution in [0.1, 0.15) is 11.1 Å². The average molecular weight is 390 g/mol. The summed E-state index contributed by atoms with van der Waals surface area (Å²) in [6.07, 6.45) is 1.81. The molecule has 2 aromatic heterocycles. The number of rotatable bonds is 3. The molecular formula is C21H22N6O2. The van der Waals surface area contributed by atoms with Crippen LogP contribution in [0.2, 0.25) is 0 Å². The second-order valence-corrected chi connectivity index (χ2v) is 7.27. The molecule has 0 radical (unpaired) electrons. The smallest absolute Gasteiger partial charge is 0.332 e. The molecule has 29 heavy (non-hydrogen) atoms. The number of aromatic nitrogens is 3. The molecule has 148 valence electrons. The quantitative estimate of drug-likeness (QED) is 0.658. The van der Waals surface area contributed by atoms with Crippen LogP contribution in [0.3, 0.4) is 0 Å². The molecule has 0 spiro atoms. The summed E-state index contributed by atoms with van der Waals surface area (Å²) in [5.74, 6) is 0.409. The number of para-hydroxylation sites is 1. The van der Waals surface area contributed by atoms with Crippen molar-refractivity contribution in [1.82, 2.24) is 19.0 Å². The third-order valence-electron chi connectivity index (χ3n) is 5.53. The predicted octanol–water partition coefficient (Wildman–Crippen LogP) is 0.826. The van der Waals surface area contributed by atoms with Crippen LogP contribution in [0.25, 0.3) is 10.9 Å². The van der Waals surface area contributed by atoms with Crippen molar-refractivity contribution in [3.8, 4) is 6.07 Å². The van der Waals surface area contributed by atoms with E-state index in [1.165, 1.54) is 17.2 Å². The van der Waals surface area contributed by atoms with Gasteiger partial charge < -0.3 is 4.90 Å². The minimum atomic E-state index is -0.546. The lowest BCUT2D eigenvalue weighted by atomic mass is 10.1. The fourth-order valence-corrected chi connectivity index (χ4v) is 3.96. The normalized spacial score (nSPS) is 14.9. The minimum absolute atomic E-state index is 0.0151. The van der Waals surface area contributed by atoms with Gasteiger partial charge in [0.25, 0.3) is 5.56 Å². The zero-order valence-electron chi connectivity index (χ0n) is 16.5. The highest BCUT2D eigenvalue weighted by atomic mass is 16.2. The number of nitriles is 1. The van der Waals surface area contributed by atoms with Crippen LogP contribution in [-0.4, -0.2) is 45.2 Å². The van der Waals surface area contributed by atoms with Gasteiger partial charge in [0.1, 0.15) is 11.9 Å². The van der Waals surface area contributed by atoms with Gasteiger partial charge in [0.05, 0.1) is 5.52 Å². The van der Waals surface area contributed by atoms with Gasteiger partial charge in [0.2, 0.25) is 0 Å². The summed E-state index contributed by atoms with van der Waals surface area (Å²) >= 11 is 0. The van der Waals surface area contributed by atoms with Crippen molar-refractivity contribution in [2.45, 2.75) is 6.54 Å². The van der Waals surface area contributed by atoms with Crippen LogP contribution in [0.15, 0.2) is 46.1 Å². The second kappa shape index (κ2) is 7.53. The van der Waals surface area contributed by atoms with Crippen LogP contribution in [0, 0.1) is 11.3 Å². The molecule has 0 amide bonds. The van der Waals surface area contributed by atoms with E-state index in [2.05, 4.69) is 28.1 Å². The van der Waals surface area contributed by atoms with Crippen LogP contribution in [0.5, 0.6) is 0 Å². The van der Waals surface area contributed by atoms with Gasteiger partial charge in [0, 0.05) is 58.4 Å². The summed E-state index contributed by atoms with van der Waals surface area (Å²) in [6.45, 7) is 3.57. The van der Waals surface area contributed by atoms with Gasteiger partial charge in [0.15, 0.2) is 5.56 Å². The van der Waals surface area contributed by atoms with E-state index in [0.29, 0.717) is 18.9 Å². The fourth-order valence-electron chi connectivity index (χ4n) is 3.96. The maximum Gasteiger partial charge on any atom is 0.332 e. The number of hydrogen-bond acceptors (Lipinski definition) is 6. The van der Waals surface area contributed by atoms with Gasteiger partial charge in [-0.3, -0.25) is 23.8 Å². The molecule has 0 aliphatic carbocycles. The SMILES string of the molecule is Cn1c(N2CCN(Cc3cccc4cccnc34)CC2)c(C#N)c(=O)n(C)c1=O. The van der Waals surface area contributed by atoms with Gasteiger partial charge in [-0.2, -0.15) is 5.26 Å². The number of pyridine rings is 1. The van der Waals surface area contributed by atoms with Crippen molar-refractivity contribution >= 4 is 16.7 Å². The first-order chi connectivity index (χ1) is 14.0. The van der Waals surface area contributed by atoms with E-state index in [1.54, 1.807) is 7.05 Å². The first-order valence-electron chi connectivity index (χ1n) is 9.51. The van der Waals surface area contributed by atoms with Crippen LogP contribution in [0.4, 0.5) is 5.82 Å². The summed E-state index contributed by atoms with van der Waals surface area (Å²) < 4.78 is 2.37. The van der Waals surface area contributed by atoms with Gasteiger partial charge in [-0.25, -0.2) is 4.79 Å². The summed E-state index contributed by atoms with van der Waals surface area (Å²) in [4.78, 5) is 33.5. The Hall–Kier alpha value is -3.44. The zero-order valence-corrected chi connectivity index (χ0v) is 16.5. The lowest BCUT2D eigenvalue weighted by Gasteiger charge is -2.37. The third-order valence-corrected chi connectivity index (χ3v) is 5.53. The Morgan fingerprint density at radius 3 is 2.48 bits per heavy atom. The highest BCUT2D eigenvalue weighted by Crippen LogP contribution is 2.21. The van der Waals surface area contributed by atoms with E-state index in [9.17, 15) is 14.9 Å². The lowest BCUT2D eigenvalue weighted by molar-refractivity contribution is 0.249. The fraction of sp³-hybridized carbons (Fsp3) is 0.333. The maximum atomic E-state index is 12.3. The highest BCUT2D eigenvalue weighted by molar-refractivity contribution is 5.81. The van der Waals surface area contributed by atoms with Gasteiger partial charge >= 0.3 is 5.69 Å². The minimum Gasteiger partial charge on any atom is -0.354 e. The molecule has 1 fully saturated rings. The van der Waals surface area contributed by atoms with Crippen molar-refractivity contribution < 1.29 is 0 Å². The van der Waals surface area contributed by atoms with Crippen molar-refractivity contribution in [3.63, 3.8) is 0 Å². The topological polar surface area (TPSA) is 87.2 Å². The molecule has 8 heteroatoms. The van der Waals surface area contributed by atoms with E-state index in [0.717, 1.165) is 35.1 Å². The molecule has 8 nitrogen and oxygen atoms in total. The molecule has 1 saturated heterocycles. The standard InChI is InChI=1S/C21H22N6O2/c1-24-19(17(13-22)20(28)25(2)21(24)29)27-11-9-26(10-12-27)14-16-6-3-5-15-7-4-8-23-18(15)16/h3-8H,9-12,14H2,1-2H3. The van der Waals surface area contributed by atoms with Crippen molar-refractivity contribution in [1.29, 1.82) is 5.26 Å².